The molecule has 0 spiro atoms. The summed E-state index contributed by atoms with van der Waals surface area (Å²) in [5, 5.41) is 7.99. The summed E-state index contributed by atoms with van der Waals surface area (Å²) in [6.07, 6.45) is 5.89. The second-order valence-corrected chi connectivity index (χ2v) is 19.1. The van der Waals surface area contributed by atoms with E-state index in [0.29, 0.717) is 23.4 Å². The number of methoxy groups -OCH3 is 2. The van der Waals surface area contributed by atoms with Crippen molar-refractivity contribution in [3.8, 4) is 11.5 Å². The first-order valence-corrected chi connectivity index (χ1v) is 24.5. The number of nitrogen functional groups attached to an aromatic ring is 1. The van der Waals surface area contributed by atoms with Gasteiger partial charge < -0.3 is 24.7 Å². The van der Waals surface area contributed by atoms with E-state index in [1.54, 1.807) is 41.3 Å². The molecule has 0 aliphatic rings. The van der Waals surface area contributed by atoms with Gasteiger partial charge in [0.15, 0.2) is 23.1 Å². The number of aromatic nitrogens is 6. The lowest BCUT2D eigenvalue weighted by molar-refractivity contribution is 0.0592. The maximum atomic E-state index is 14.6. The van der Waals surface area contributed by atoms with Gasteiger partial charge in [-0.2, -0.15) is 10.2 Å². The topological polar surface area (TPSA) is 239 Å². The molecule has 8 aromatic rings. The van der Waals surface area contributed by atoms with Gasteiger partial charge >= 0.3 is 11.9 Å². The summed E-state index contributed by atoms with van der Waals surface area (Å²) in [4.78, 5) is 30.6. The number of sulfonamides is 1. The Morgan fingerprint density at radius 2 is 1.07 bits per heavy atom. The summed E-state index contributed by atoms with van der Waals surface area (Å²) in [7, 11) is -0.433. The molecular weight excluding hydrogens is 986 g/mol. The van der Waals surface area contributed by atoms with E-state index < -0.39 is 42.6 Å². The number of ether oxygens (including phenoxy) is 4. The Morgan fingerprint density at radius 1 is 0.606 bits per heavy atom. The SMILES string of the molecule is COC(=O)c1cc(Cn2cncn2)cc(NS(=O)(=O)c2ccc(OCc3ccccc3)c(F)c2)c1.COC(=O)c1cc(N)cc(Cn2cncn2)c1.O=S(=O)(Cl)c1ccc(OCc2ccccc2)c(F)c1. The lowest BCUT2D eigenvalue weighted by Gasteiger charge is -2.13. The van der Waals surface area contributed by atoms with Gasteiger partial charge in [0.25, 0.3) is 19.1 Å². The number of nitrogens with one attached hydrogen (secondary N) is 1. The molecule has 2 aromatic heterocycles. The third kappa shape index (κ3) is 15.7. The highest BCUT2D eigenvalue weighted by Gasteiger charge is 2.20. The van der Waals surface area contributed by atoms with Gasteiger partial charge in [-0.05, 0) is 95.1 Å². The predicted molar refractivity (Wildman–Crippen MR) is 256 cm³/mol. The molecule has 23 heteroatoms. The molecule has 3 N–H and O–H groups in total. The molecule has 8 rings (SSSR count). The van der Waals surface area contributed by atoms with E-state index in [2.05, 4.69) is 29.6 Å². The van der Waals surface area contributed by atoms with Gasteiger partial charge in [0.2, 0.25) is 0 Å². The van der Waals surface area contributed by atoms with Gasteiger partial charge in [0.05, 0.1) is 53.9 Å². The number of hydrogen-bond donors (Lipinski definition) is 2. The Labute approximate surface area is 411 Å². The molecule has 71 heavy (non-hydrogen) atoms. The standard InChI is InChI=1S/C24H21FN4O5S.C13H10ClFO3S.C11H12N4O2/c1-33-24(30)19-9-18(13-29-16-26-15-27-29)10-20(11-19)28-35(31,32)21-7-8-23(22(25)12-21)34-14-17-5-3-2-4-6-17;14-19(16,17)11-6-7-13(12(15)8-11)18-9-10-4-2-1-3-5-10;1-17-11(16)9-2-8(3-10(12)4-9)5-15-7-13-6-14-15/h2-12,15-16,28H,13-14H2,1H3;1-8H,9H2;2-4,6-7H,5,12H2,1H3. The molecule has 368 valence electrons. The van der Waals surface area contributed by atoms with Crippen LogP contribution < -0.4 is 19.9 Å². The van der Waals surface area contributed by atoms with Crippen LogP contribution in [0.1, 0.15) is 43.0 Å². The monoisotopic (exact) mass is 1030 g/mol. The normalized spacial score (nSPS) is 10.9. The highest BCUT2D eigenvalue weighted by molar-refractivity contribution is 8.13. The smallest absolute Gasteiger partial charge is 0.337 e. The predicted octanol–water partition coefficient (Wildman–Crippen LogP) is 7.66. The molecule has 0 unspecified atom stereocenters. The van der Waals surface area contributed by atoms with Crippen molar-refractivity contribution in [2.45, 2.75) is 36.1 Å². The van der Waals surface area contributed by atoms with Crippen molar-refractivity contribution in [1.29, 1.82) is 0 Å². The number of carbonyl (C=O) groups is 2. The van der Waals surface area contributed by atoms with Gasteiger partial charge in [0, 0.05) is 16.4 Å². The second kappa shape index (κ2) is 24.4. The molecule has 0 amide bonds. The minimum Gasteiger partial charge on any atom is -0.486 e. The van der Waals surface area contributed by atoms with E-state index >= 15 is 0 Å². The summed E-state index contributed by atoms with van der Waals surface area (Å²) in [5.41, 5.74) is 10.1. The van der Waals surface area contributed by atoms with Crippen molar-refractivity contribution in [2.75, 3.05) is 24.7 Å². The van der Waals surface area contributed by atoms with Crippen molar-refractivity contribution in [3.05, 3.63) is 204 Å². The number of halogens is 3. The Hall–Kier alpha value is -8.21. The van der Waals surface area contributed by atoms with E-state index in [9.17, 15) is 35.2 Å². The van der Waals surface area contributed by atoms with E-state index in [-0.39, 0.29) is 52.3 Å². The van der Waals surface area contributed by atoms with Gasteiger partial charge in [0.1, 0.15) is 38.5 Å². The molecule has 2 heterocycles. The number of rotatable bonds is 16. The molecule has 0 atom stereocenters. The summed E-state index contributed by atoms with van der Waals surface area (Å²) in [6, 6.07) is 34.6. The molecule has 18 nitrogen and oxygen atoms in total. The van der Waals surface area contributed by atoms with Crippen molar-refractivity contribution in [2.24, 2.45) is 0 Å². The first-order valence-electron chi connectivity index (χ1n) is 20.7. The van der Waals surface area contributed by atoms with Crippen LogP contribution in [0.5, 0.6) is 11.5 Å². The molecule has 6 aromatic carbocycles. The summed E-state index contributed by atoms with van der Waals surface area (Å²) < 4.78 is 102. The van der Waals surface area contributed by atoms with E-state index in [1.807, 2.05) is 60.7 Å². The fraction of sp³-hybridized carbons (Fsp3) is 0.125. The molecule has 0 fully saturated rings. The van der Waals surface area contributed by atoms with Crippen LogP contribution in [-0.4, -0.2) is 72.5 Å². The van der Waals surface area contributed by atoms with Crippen LogP contribution in [0.25, 0.3) is 0 Å². The average Bonchev–Trinajstić information content (AvgIpc) is 4.08. The molecular formula is C48H43ClF2N8O10S2. The summed E-state index contributed by atoms with van der Waals surface area (Å²) >= 11 is 0. The number of hydrogen-bond acceptors (Lipinski definition) is 15. The van der Waals surface area contributed by atoms with Crippen molar-refractivity contribution in [3.63, 3.8) is 0 Å². The van der Waals surface area contributed by atoms with Crippen LogP contribution in [0.15, 0.2) is 169 Å². The van der Waals surface area contributed by atoms with Gasteiger partial charge in [-0.15, -0.1) is 0 Å². The molecule has 0 aliphatic heterocycles. The Morgan fingerprint density at radius 3 is 1.52 bits per heavy atom. The Kier molecular flexibility index (Phi) is 17.9. The number of nitrogens with zero attached hydrogens (tertiary/aromatic N) is 6. The van der Waals surface area contributed by atoms with Gasteiger partial charge in [-0.1, -0.05) is 60.7 Å². The van der Waals surface area contributed by atoms with E-state index in [0.717, 1.165) is 28.8 Å². The number of nitrogens with two attached hydrogens (primary N) is 1. The van der Waals surface area contributed by atoms with Gasteiger partial charge in [-0.3, -0.25) is 4.72 Å². The first kappa shape index (κ1) is 52.2. The molecule has 0 radical (unpaired) electrons. The summed E-state index contributed by atoms with van der Waals surface area (Å²) in [6.45, 7) is 1.08. The first-order chi connectivity index (χ1) is 34.0. The Bertz CT molecular complexity index is 3290. The third-order valence-corrected chi connectivity index (χ3v) is 12.3. The highest BCUT2D eigenvalue weighted by atomic mass is 35.7. The maximum Gasteiger partial charge on any atom is 0.337 e. The molecule has 0 saturated heterocycles. The molecule has 0 saturated carbocycles. The number of anilines is 2. The average molecular weight is 1030 g/mol. The lowest BCUT2D eigenvalue weighted by Crippen LogP contribution is -2.15. The van der Waals surface area contributed by atoms with Crippen molar-refractivity contribution >= 4 is 53.1 Å². The quantitative estimate of drug-likeness (QED) is 0.0537. The van der Waals surface area contributed by atoms with Crippen LogP contribution in [-0.2, 0) is 54.9 Å². The van der Waals surface area contributed by atoms with E-state index in [4.69, 9.17) is 30.6 Å². The zero-order valence-electron chi connectivity index (χ0n) is 37.6. The van der Waals surface area contributed by atoms with Crippen molar-refractivity contribution in [1.82, 2.24) is 29.5 Å². The van der Waals surface area contributed by atoms with Crippen LogP contribution in [0.2, 0.25) is 0 Å². The molecule has 0 aliphatic carbocycles. The van der Waals surface area contributed by atoms with Crippen LogP contribution in [0, 0.1) is 11.6 Å². The fourth-order valence-electron chi connectivity index (χ4n) is 6.33. The lowest BCUT2D eigenvalue weighted by atomic mass is 10.1. The van der Waals surface area contributed by atoms with Crippen LogP contribution >= 0.6 is 10.7 Å². The zero-order valence-corrected chi connectivity index (χ0v) is 40.0. The third-order valence-electron chi connectivity index (χ3n) is 9.60. The van der Waals surface area contributed by atoms with Crippen LogP contribution in [0.4, 0.5) is 20.2 Å². The summed E-state index contributed by atoms with van der Waals surface area (Å²) in [5.74, 6) is -2.73. The maximum absolute atomic E-state index is 14.6. The number of esters is 2. The Balaban J connectivity index is 0.000000193. The van der Waals surface area contributed by atoms with E-state index in [1.165, 1.54) is 68.2 Å². The largest absolute Gasteiger partial charge is 0.486 e. The fourth-order valence-corrected chi connectivity index (χ4v) is 8.14. The van der Waals surface area contributed by atoms with Crippen molar-refractivity contribution < 1.29 is 54.2 Å². The number of carbonyl (C=O) groups excluding carboxylic acids is 2. The molecule has 0 bridgehead atoms. The number of benzene rings is 6. The zero-order chi connectivity index (χ0) is 51.0. The van der Waals surface area contributed by atoms with Crippen LogP contribution in [0.3, 0.4) is 0 Å². The second-order valence-electron chi connectivity index (χ2n) is 14.8. The minimum absolute atomic E-state index is 0.0204. The van der Waals surface area contributed by atoms with Gasteiger partial charge in [-0.25, -0.2) is 54.5 Å². The highest BCUT2D eigenvalue weighted by Crippen LogP contribution is 2.27. The minimum atomic E-state index is -4.18.